The third-order valence-electron chi connectivity index (χ3n) is 6.04. The maximum atomic E-state index is 13.3. The van der Waals surface area contributed by atoms with Crippen molar-refractivity contribution < 1.29 is 9.53 Å². The van der Waals surface area contributed by atoms with Gasteiger partial charge < -0.3 is 14.2 Å². The lowest BCUT2D eigenvalue weighted by Crippen LogP contribution is -2.49. The number of fused-ring (bicyclic) bond motifs is 3. The van der Waals surface area contributed by atoms with E-state index in [1.165, 1.54) is 9.75 Å². The first kappa shape index (κ1) is 18.5. The van der Waals surface area contributed by atoms with E-state index in [0.717, 1.165) is 36.6 Å². The molecule has 0 bridgehead atoms. The van der Waals surface area contributed by atoms with Crippen molar-refractivity contribution in [1.29, 1.82) is 0 Å². The number of carbonyl (C=O) groups is 1. The van der Waals surface area contributed by atoms with E-state index in [0.29, 0.717) is 12.6 Å². The number of methoxy groups -OCH3 is 1. The third-order valence-corrected chi connectivity index (χ3v) is 7.02. The first-order chi connectivity index (χ1) is 14.1. The number of nitrogens with zero attached hydrogens (tertiary/aromatic N) is 3. The van der Waals surface area contributed by atoms with E-state index in [9.17, 15) is 4.79 Å². The number of hydrogen-bond donors (Lipinski definition) is 0. The van der Waals surface area contributed by atoms with Crippen LogP contribution in [-0.4, -0.2) is 46.5 Å². The SMILES string of the molecule is COc1ccc(CN2C(=O)c3cccn3C3CN(Cc4ccc(C)s4)CC32)cc1. The van der Waals surface area contributed by atoms with Crippen LogP contribution >= 0.6 is 11.3 Å². The molecule has 0 saturated carbocycles. The highest BCUT2D eigenvalue weighted by molar-refractivity contribution is 7.11. The van der Waals surface area contributed by atoms with Gasteiger partial charge in [-0.1, -0.05) is 12.1 Å². The lowest BCUT2D eigenvalue weighted by atomic mass is 10.0. The summed E-state index contributed by atoms with van der Waals surface area (Å²) in [6, 6.07) is 16.9. The van der Waals surface area contributed by atoms with Crippen molar-refractivity contribution in [1.82, 2.24) is 14.4 Å². The first-order valence-corrected chi connectivity index (χ1v) is 10.8. The Kier molecular flexibility index (Phi) is 4.68. The molecule has 4 heterocycles. The number of thiophene rings is 1. The Balaban J connectivity index is 1.41. The van der Waals surface area contributed by atoms with E-state index < -0.39 is 0 Å². The van der Waals surface area contributed by atoms with E-state index in [1.54, 1.807) is 7.11 Å². The second-order valence-corrected chi connectivity index (χ2v) is 9.30. The molecule has 1 saturated heterocycles. The predicted molar refractivity (Wildman–Crippen MR) is 114 cm³/mol. The molecular formula is C23H25N3O2S. The summed E-state index contributed by atoms with van der Waals surface area (Å²) in [7, 11) is 1.67. The lowest BCUT2D eigenvalue weighted by Gasteiger charge is -2.38. The molecule has 2 unspecified atom stereocenters. The average molecular weight is 408 g/mol. The Bertz CT molecular complexity index is 1020. The van der Waals surface area contributed by atoms with Crippen LogP contribution in [0.3, 0.4) is 0 Å². The van der Waals surface area contributed by atoms with Crippen molar-refractivity contribution in [3.8, 4) is 5.75 Å². The number of aromatic nitrogens is 1. The molecule has 3 aromatic rings. The van der Waals surface area contributed by atoms with E-state index in [2.05, 4.69) is 51.8 Å². The van der Waals surface area contributed by atoms with Crippen molar-refractivity contribution in [2.45, 2.75) is 32.1 Å². The number of benzene rings is 1. The summed E-state index contributed by atoms with van der Waals surface area (Å²) >= 11 is 1.86. The van der Waals surface area contributed by atoms with Gasteiger partial charge in [-0.2, -0.15) is 0 Å². The van der Waals surface area contributed by atoms with Crippen LogP contribution in [0, 0.1) is 6.92 Å². The maximum Gasteiger partial charge on any atom is 0.271 e. The largest absolute Gasteiger partial charge is 0.497 e. The molecular weight excluding hydrogens is 382 g/mol. The zero-order valence-electron chi connectivity index (χ0n) is 16.7. The Morgan fingerprint density at radius 3 is 2.55 bits per heavy atom. The number of amides is 1. The molecule has 1 aromatic carbocycles. The number of carbonyl (C=O) groups excluding carboxylic acids is 1. The first-order valence-electron chi connectivity index (χ1n) is 10.0. The molecule has 5 nitrogen and oxygen atoms in total. The van der Waals surface area contributed by atoms with Crippen LogP contribution in [0.25, 0.3) is 0 Å². The van der Waals surface area contributed by atoms with Crippen LogP contribution in [0.15, 0.2) is 54.7 Å². The minimum absolute atomic E-state index is 0.126. The summed E-state index contributed by atoms with van der Waals surface area (Å²) in [6.45, 7) is 5.60. The van der Waals surface area contributed by atoms with E-state index >= 15 is 0 Å². The van der Waals surface area contributed by atoms with Gasteiger partial charge in [0.1, 0.15) is 11.4 Å². The summed E-state index contributed by atoms with van der Waals surface area (Å²) in [5.74, 6) is 0.963. The highest BCUT2D eigenvalue weighted by atomic mass is 32.1. The molecule has 5 rings (SSSR count). The molecule has 2 aliphatic heterocycles. The minimum Gasteiger partial charge on any atom is -0.497 e. The van der Waals surface area contributed by atoms with E-state index in [1.807, 2.05) is 35.6 Å². The number of hydrogen-bond acceptors (Lipinski definition) is 4. The van der Waals surface area contributed by atoms with Gasteiger partial charge in [-0.3, -0.25) is 9.69 Å². The molecule has 2 atom stereocenters. The lowest BCUT2D eigenvalue weighted by molar-refractivity contribution is 0.0556. The highest BCUT2D eigenvalue weighted by Gasteiger charge is 2.44. The summed E-state index contributed by atoms with van der Waals surface area (Å²) in [5.41, 5.74) is 1.93. The Labute approximate surface area is 175 Å². The van der Waals surface area contributed by atoms with Gasteiger partial charge >= 0.3 is 0 Å². The standard InChI is InChI=1S/C23H25N3O2S/c1-16-5-10-19(29-16)13-24-14-21-22(15-24)26(23(27)20-4-3-11-25(20)21)12-17-6-8-18(28-2)9-7-17/h3-11,21-22H,12-15H2,1-2H3. The second-order valence-electron chi connectivity index (χ2n) is 7.92. The normalized spacial score (nSPS) is 21.3. The van der Waals surface area contributed by atoms with Crippen molar-refractivity contribution in [3.63, 3.8) is 0 Å². The monoisotopic (exact) mass is 407 g/mol. The molecule has 29 heavy (non-hydrogen) atoms. The zero-order valence-corrected chi connectivity index (χ0v) is 17.6. The van der Waals surface area contributed by atoms with Gasteiger partial charge in [0.05, 0.1) is 19.2 Å². The molecule has 2 aromatic heterocycles. The Hall–Kier alpha value is -2.57. The van der Waals surface area contributed by atoms with Gasteiger partial charge in [0.25, 0.3) is 5.91 Å². The fraction of sp³-hybridized carbons (Fsp3) is 0.348. The number of ether oxygens (including phenoxy) is 1. The molecule has 0 radical (unpaired) electrons. The summed E-state index contributed by atoms with van der Waals surface area (Å²) < 4.78 is 7.46. The molecule has 1 amide bonds. The van der Waals surface area contributed by atoms with Gasteiger partial charge in [-0.05, 0) is 48.9 Å². The molecule has 6 heteroatoms. The Morgan fingerprint density at radius 1 is 1.03 bits per heavy atom. The second kappa shape index (κ2) is 7.35. The van der Waals surface area contributed by atoms with Crippen LogP contribution in [0.1, 0.15) is 31.8 Å². The fourth-order valence-corrected chi connectivity index (χ4v) is 5.56. The van der Waals surface area contributed by atoms with Crippen molar-refractivity contribution in [2.75, 3.05) is 20.2 Å². The number of likely N-dealkylation sites (tertiary alicyclic amines) is 1. The molecule has 0 spiro atoms. The Morgan fingerprint density at radius 2 is 1.83 bits per heavy atom. The van der Waals surface area contributed by atoms with Crippen LogP contribution < -0.4 is 4.74 Å². The van der Waals surface area contributed by atoms with Crippen molar-refractivity contribution in [3.05, 3.63) is 75.7 Å². The molecule has 2 aliphatic rings. The van der Waals surface area contributed by atoms with E-state index in [-0.39, 0.29) is 11.9 Å². The molecule has 1 fully saturated rings. The molecule has 150 valence electrons. The van der Waals surface area contributed by atoms with Gasteiger partial charge in [0.15, 0.2) is 0 Å². The van der Waals surface area contributed by atoms with Crippen LogP contribution in [0.2, 0.25) is 0 Å². The van der Waals surface area contributed by atoms with Crippen molar-refractivity contribution >= 4 is 17.2 Å². The summed E-state index contributed by atoms with van der Waals surface area (Å²) in [6.07, 6.45) is 2.06. The summed E-state index contributed by atoms with van der Waals surface area (Å²) in [5, 5.41) is 0. The van der Waals surface area contributed by atoms with Gasteiger partial charge in [0, 0.05) is 42.1 Å². The van der Waals surface area contributed by atoms with E-state index in [4.69, 9.17) is 4.74 Å². The van der Waals surface area contributed by atoms with Crippen molar-refractivity contribution in [2.24, 2.45) is 0 Å². The third kappa shape index (κ3) is 3.36. The van der Waals surface area contributed by atoms with Gasteiger partial charge in [0.2, 0.25) is 0 Å². The number of rotatable bonds is 5. The van der Waals surface area contributed by atoms with Crippen LogP contribution in [0.5, 0.6) is 5.75 Å². The smallest absolute Gasteiger partial charge is 0.271 e. The maximum absolute atomic E-state index is 13.3. The predicted octanol–water partition coefficient (Wildman–Crippen LogP) is 3.95. The minimum atomic E-state index is 0.126. The summed E-state index contributed by atoms with van der Waals surface area (Å²) in [4.78, 5) is 20.6. The topological polar surface area (TPSA) is 37.7 Å². The zero-order chi connectivity index (χ0) is 20.0. The van der Waals surface area contributed by atoms with Gasteiger partial charge in [-0.25, -0.2) is 0 Å². The molecule has 0 aliphatic carbocycles. The van der Waals surface area contributed by atoms with Gasteiger partial charge in [-0.15, -0.1) is 11.3 Å². The molecule has 0 N–H and O–H groups in total. The average Bonchev–Trinajstić information content (AvgIpc) is 3.45. The van der Waals surface area contributed by atoms with Crippen LogP contribution in [0.4, 0.5) is 0 Å². The quantitative estimate of drug-likeness (QED) is 0.643. The number of aryl methyl sites for hydroxylation is 1. The fourth-order valence-electron chi connectivity index (χ4n) is 4.62. The highest BCUT2D eigenvalue weighted by Crippen LogP contribution is 2.35. The van der Waals surface area contributed by atoms with Crippen LogP contribution in [-0.2, 0) is 13.1 Å².